The van der Waals surface area contributed by atoms with Crippen LogP contribution in [-0.2, 0) is 11.3 Å². The highest BCUT2D eigenvalue weighted by atomic mass is 32.1. The maximum absolute atomic E-state index is 12.9. The number of carbonyl (C=O) groups is 2. The first-order valence-electron chi connectivity index (χ1n) is 10.5. The number of hydrogen-bond donors (Lipinski definition) is 2. The highest BCUT2D eigenvalue weighted by molar-refractivity contribution is 7.09. The van der Waals surface area contributed by atoms with Crippen LogP contribution in [0, 0.1) is 24.2 Å². The molecule has 0 bridgehead atoms. The molecule has 1 fully saturated rings. The Morgan fingerprint density at radius 2 is 2.12 bits per heavy atom. The van der Waals surface area contributed by atoms with Crippen molar-refractivity contribution >= 4 is 23.2 Å². The molecule has 0 radical (unpaired) electrons. The van der Waals surface area contributed by atoms with E-state index in [4.69, 9.17) is 5.26 Å². The second-order valence-electron chi connectivity index (χ2n) is 7.94. The van der Waals surface area contributed by atoms with Gasteiger partial charge in [0.25, 0.3) is 5.91 Å². The Kier molecular flexibility index (Phi) is 6.32. The standard InChI is InChI=1S/C23H24N6O2S/c1-14-11-25-21(27-14)23(31)29-9-3-4-18(15(29)2)22(30)26-12-20-28-19(13-32-20)17-7-5-16(10-24)6-8-17/h5-8,11,13,15,18H,3-4,9,12H2,1-2H3,(H,25,27)(H,26,30)/t15-,18-/m0/s1. The van der Waals surface area contributed by atoms with Gasteiger partial charge in [0.2, 0.25) is 5.91 Å². The van der Waals surface area contributed by atoms with E-state index in [0.717, 1.165) is 34.8 Å². The van der Waals surface area contributed by atoms with E-state index in [2.05, 4.69) is 26.3 Å². The van der Waals surface area contributed by atoms with Crippen molar-refractivity contribution in [3.63, 3.8) is 0 Å². The van der Waals surface area contributed by atoms with E-state index >= 15 is 0 Å². The van der Waals surface area contributed by atoms with Crippen LogP contribution in [0.4, 0.5) is 0 Å². The average molecular weight is 449 g/mol. The van der Waals surface area contributed by atoms with Gasteiger partial charge in [0.1, 0.15) is 5.01 Å². The zero-order chi connectivity index (χ0) is 22.7. The summed E-state index contributed by atoms with van der Waals surface area (Å²) >= 11 is 1.48. The number of aromatic nitrogens is 3. The summed E-state index contributed by atoms with van der Waals surface area (Å²) in [6.07, 6.45) is 3.14. The number of H-pyrrole nitrogens is 1. The molecule has 1 saturated heterocycles. The molecule has 0 unspecified atom stereocenters. The molecule has 2 N–H and O–H groups in total. The number of nitriles is 1. The molecule has 2 atom stereocenters. The normalized spacial score (nSPS) is 18.2. The molecule has 1 aliphatic rings. The van der Waals surface area contributed by atoms with Crippen molar-refractivity contribution in [1.29, 1.82) is 5.26 Å². The fourth-order valence-corrected chi connectivity index (χ4v) is 4.71. The van der Waals surface area contributed by atoms with Crippen molar-refractivity contribution in [2.45, 2.75) is 39.3 Å². The van der Waals surface area contributed by atoms with Gasteiger partial charge in [0.15, 0.2) is 5.82 Å². The van der Waals surface area contributed by atoms with E-state index in [1.165, 1.54) is 11.3 Å². The molecule has 1 aromatic carbocycles. The van der Waals surface area contributed by atoms with E-state index < -0.39 is 0 Å². The second-order valence-corrected chi connectivity index (χ2v) is 8.88. The van der Waals surface area contributed by atoms with Gasteiger partial charge >= 0.3 is 0 Å². The Labute approximate surface area is 190 Å². The molecule has 4 rings (SSSR count). The van der Waals surface area contributed by atoms with Crippen LogP contribution in [0.2, 0.25) is 0 Å². The Bertz CT molecular complexity index is 1160. The fourth-order valence-electron chi connectivity index (χ4n) is 3.97. The van der Waals surface area contributed by atoms with Crippen molar-refractivity contribution in [2.75, 3.05) is 6.54 Å². The van der Waals surface area contributed by atoms with Crippen molar-refractivity contribution in [1.82, 2.24) is 25.2 Å². The van der Waals surface area contributed by atoms with E-state index in [9.17, 15) is 9.59 Å². The molecule has 164 valence electrons. The van der Waals surface area contributed by atoms with Crippen LogP contribution < -0.4 is 5.32 Å². The van der Waals surface area contributed by atoms with Crippen LogP contribution in [0.25, 0.3) is 11.3 Å². The summed E-state index contributed by atoms with van der Waals surface area (Å²) in [6, 6.07) is 9.14. The maximum Gasteiger partial charge on any atom is 0.289 e. The van der Waals surface area contributed by atoms with E-state index in [1.807, 2.05) is 31.4 Å². The molecule has 0 aliphatic carbocycles. The topological polar surface area (TPSA) is 115 Å². The number of nitrogens with one attached hydrogen (secondary N) is 2. The zero-order valence-electron chi connectivity index (χ0n) is 18.0. The van der Waals surface area contributed by atoms with Gasteiger partial charge < -0.3 is 15.2 Å². The van der Waals surface area contributed by atoms with Crippen LogP contribution in [0.15, 0.2) is 35.8 Å². The summed E-state index contributed by atoms with van der Waals surface area (Å²) in [5, 5.41) is 14.7. The van der Waals surface area contributed by atoms with Gasteiger partial charge in [-0.1, -0.05) is 12.1 Å². The number of imidazole rings is 1. The Balaban J connectivity index is 1.37. The Morgan fingerprint density at radius 3 is 2.81 bits per heavy atom. The van der Waals surface area contributed by atoms with Gasteiger partial charge in [0.05, 0.1) is 29.8 Å². The predicted octanol–water partition coefficient (Wildman–Crippen LogP) is 3.27. The van der Waals surface area contributed by atoms with Crippen LogP contribution in [0.3, 0.4) is 0 Å². The summed E-state index contributed by atoms with van der Waals surface area (Å²) in [5.74, 6) is -0.203. The monoisotopic (exact) mass is 448 g/mol. The second kappa shape index (κ2) is 9.32. The molecule has 2 amide bonds. The number of aromatic amines is 1. The average Bonchev–Trinajstić information content (AvgIpc) is 3.46. The first-order valence-corrected chi connectivity index (χ1v) is 11.4. The van der Waals surface area contributed by atoms with Gasteiger partial charge in [-0.05, 0) is 38.8 Å². The SMILES string of the molecule is Cc1cnc(C(=O)N2CCC[C@H](C(=O)NCc3nc(-c4ccc(C#N)cc4)cs3)[C@@H]2C)[nH]1. The molecular weight excluding hydrogens is 424 g/mol. The van der Waals surface area contributed by atoms with Gasteiger partial charge in [-0.2, -0.15) is 5.26 Å². The molecule has 9 heteroatoms. The number of hydrogen-bond acceptors (Lipinski definition) is 6. The number of thiazole rings is 1. The molecule has 1 aliphatic heterocycles. The Morgan fingerprint density at radius 1 is 1.34 bits per heavy atom. The van der Waals surface area contributed by atoms with E-state index in [-0.39, 0.29) is 23.8 Å². The summed E-state index contributed by atoms with van der Waals surface area (Å²) in [5.41, 5.74) is 3.19. The number of rotatable bonds is 5. The number of likely N-dealkylation sites (tertiary alicyclic amines) is 1. The van der Waals surface area contributed by atoms with Crippen LogP contribution in [0.1, 0.15) is 46.6 Å². The molecule has 3 aromatic rings. The lowest BCUT2D eigenvalue weighted by molar-refractivity contribution is -0.128. The smallest absolute Gasteiger partial charge is 0.289 e. The van der Waals surface area contributed by atoms with Gasteiger partial charge in [-0.3, -0.25) is 9.59 Å². The first kappa shape index (κ1) is 21.7. The molecule has 8 nitrogen and oxygen atoms in total. The van der Waals surface area contributed by atoms with Crippen molar-refractivity contribution in [3.8, 4) is 17.3 Å². The number of piperidine rings is 1. The summed E-state index contributed by atoms with van der Waals surface area (Å²) in [4.78, 5) is 39.2. The van der Waals surface area contributed by atoms with Crippen molar-refractivity contribution < 1.29 is 9.59 Å². The minimum Gasteiger partial charge on any atom is -0.349 e. The molecule has 3 heterocycles. The van der Waals surface area contributed by atoms with Crippen LogP contribution in [-0.4, -0.2) is 44.3 Å². The molecule has 32 heavy (non-hydrogen) atoms. The highest BCUT2D eigenvalue weighted by Gasteiger charge is 2.36. The third kappa shape index (κ3) is 4.55. The third-order valence-corrected chi connectivity index (χ3v) is 6.62. The summed E-state index contributed by atoms with van der Waals surface area (Å²) in [6.45, 7) is 4.73. The zero-order valence-corrected chi connectivity index (χ0v) is 18.8. The maximum atomic E-state index is 12.9. The number of amides is 2. The summed E-state index contributed by atoms with van der Waals surface area (Å²) < 4.78 is 0. The number of aryl methyl sites for hydroxylation is 1. The molecular formula is C23H24N6O2S. The molecule has 2 aromatic heterocycles. The first-order chi connectivity index (χ1) is 15.5. The predicted molar refractivity (Wildman–Crippen MR) is 121 cm³/mol. The van der Waals surface area contributed by atoms with Crippen molar-refractivity contribution in [3.05, 3.63) is 57.9 Å². The van der Waals surface area contributed by atoms with Crippen LogP contribution >= 0.6 is 11.3 Å². The number of nitrogens with zero attached hydrogens (tertiary/aromatic N) is 4. The molecule has 0 saturated carbocycles. The van der Waals surface area contributed by atoms with E-state index in [1.54, 1.807) is 23.2 Å². The third-order valence-electron chi connectivity index (χ3n) is 5.77. The highest BCUT2D eigenvalue weighted by Crippen LogP contribution is 2.26. The van der Waals surface area contributed by atoms with Crippen molar-refractivity contribution in [2.24, 2.45) is 5.92 Å². The number of carbonyl (C=O) groups excluding carboxylic acids is 2. The lowest BCUT2D eigenvalue weighted by Crippen LogP contribution is -2.51. The van der Waals surface area contributed by atoms with E-state index in [0.29, 0.717) is 24.5 Å². The van der Waals surface area contributed by atoms with Gasteiger partial charge in [-0.15, -0.1) is 11.3 Å². The molecule has 0 spiro atoms. The lowest BCUT2D eigenvalue weighted by Gasteiger charge is -2.38. The lowest BCUT2D eigenvalue weighted by atomic mass is 9.89. The van der Waals surface area contributed by atoms with Gasteiger partial charge in [0, 0.05) is 35.4 Å². The number of benzene rings is 1. The summed E-state index contributed by atoms with van der Waals surface area (Å²) in [7, 11) is 0. The quantitative estimate of drug-likeness (QED) is 0.622. The fraction of sp³-hybridized carbons (Fsp3) is 0.348. The van der Waals surface area contributed by atoms with Gasteiger partial charge in [-0.25, -0.2) is 9.97 Å². The Hall–Kier alpha value is -3.51. The van der Waals surface area contributed by atoms with Crippen LogP contribution in [0.5, 0.6) is 0 Å². The minimum atomic E-state index is -0.276. The largest absolute Gasteiger partial charge is 0.349 e. The minimum absolute atomic E-state index is 0.0688.